The standard InChI is InChI=1S/C9H14N2.2C2H6/c1-7-10-6-8-4-2-3-5-9(8)11-7;2*1-2/h2-6H2,1H3,(H,10,11);2*1-2H3. The quantitative estimate of drug-likeness (QED) is 0.644. The van der Waals surface area contributed by atoms with Crippen LogP contribution in [0.15, 0.2) is 16.3 Å². The van der Waals surface area contributed by atoms with E-state index in [2.05, 4.69) is 10.3 Å². The van der Waals surface area contributed by atoms with E-state index in [0.717, 1.165) is 12.4 Å². The number of amidine groups is 1. The first kappa shape index (κ1) is 14.2. The second-order valence-corrected chi connectivity index (χ2v) is 3.32. The lowest BCUT2D eigenvalue weighted by atomic mass is 9.95. The molecule has 1 aliphatic heterocycles. The molecule has 15 heavy (non-hydrogen) atoms. The fourth-order valence-electron chi connectivity index (χ4n) is 1.77. The fraction of sp³-hybridized carbons (Fsp3) is 0.769. The zero-order valence-corrected chi connectivity index (χ0v) is 11.0. The summed E-state index contributed by atoms with van der Waals surface area (Å²) in [5.74, 6) is 1.09. The number of hydrogen-bond donors (Lipinski definition) is 1. The van der Waals surface area contributed by atoms with Crippen LogP contribution in [0, 0.1) is 0 Å². The molecule has 0 amide bonds. The van der Waals surface area contributed by atoms with Crippen molar-refractivity contribution in [1.82, 2.24) is 5.32 Å². The van der Waals surface area contributed by atoms with E-state index in [1.54, 1.807) is 5.57 Å². The maximum Gasteiger partial charge on any atom is 0.0977 e. The lowest BCUT2D eigenvalue weighted by Crippen LogP contribution is -2.27. The van der Waals surface area contributed by atoms with Gasteiger partial charge in [-0.3, -0.25) is 4.99 Å². The van der Waals surface area contributed by atoms with Gasteiger partial charge in [0.2, 0.25) is 0 Å². The molecule has 0 aromatic rings. The molecule has 0 radical (unpaired) electrons. The molecule has 2 heteroatoms. The molecule has 0 saturated heterocycles. The Hall–Kier alpha value is -0.790. The summed E-state index contributed by atoms with van der Waals surface area (Å²) in [5, 5.41) is 3.35. The van der Waals surface area contributed by atoms with Gasteiger partial charge in [0.05, 0.1) is 12.4 Å². The summed E-state index contributed by atoms with van der Waals surface area (Å²) in [6, 6.07) is 0. The van der Waals surface area contributed by atoms with Crippen molar-refractivity contribution in [3.8, 4) is 0 Å². The lowest BCUT2D eigenvalue weighted by molar-refractivity contribution is 0.633. The molecule has 0 saturated carbocycles. The summed E-state index contributed by atoms with van der Waals surface area (Å²) in [6.07, 6.45) is 5.20. The molecule has 0 spiro atoms. The minimum absolute atomic E-state index is 0.953. The van der Waals surface area contributed by atoms with Crippen molar-refractivity contribution in [2.24, 2.45) is 4.99 Å². The van der Waals surface area contributed by atoms with Gasteiger partial charge in [-0.15, -0.1) is 0 Å². The van der Waals surface area contributed by atoms with E-state index in [1.165, 1.54) is 31.4 Å². The van der Waals surface area contributed by atoms with Crippen LogP contribution < -0.4 is 5.32 Å². The zero-order valence-electron chi connectivity index (χ0n) is 11.0. The van der Waals surface area contributed by atoms with Crippen molar-refractivity contribution in [1.29, 1.82) is 0 Å². The fourth-order valence-corrected chi connectivity index (χ4v) is 1.77. The summed E-state index contributed by atoms with van der Waals surface area (Å²) >= 11 is 0. The molecule has 2 nitrogen and oxygen atoms in total. The molecule has 2 aliphatic rings. The van der Waals surface area contributed by atoms with E-state index >= 15 is 0 Å². The highest BCUT2D eigenvalue weighted by molar-refractivity contribution is 5.82. The van der Waals surface area contributed by atoms with Crippen LogP contribution in [-0.2, 0) is 0 Å². The normalized spacial score (nSPS) is 18.3. The van der Waals surface area contributed by atoms with Gasteiger partial charge >= 0.3 is 0 Å². The molecule has 0 fully saturated rings. The monoisotopic (exact) mass is 210 g/mol. The zero-order chi connectivity index (χ0) is 11.7. The average Bonchev–Trinajstić information content (AvgIpc) is 2.34. The first-order valence-electron chi connectivity index (χ1n) is 6.35. The van der Waals surface area contributed by atoms with Gasteiger partial charge in [0, 0.05) is 5.70 Å². The Balaban J connectivity index is 0.000000442. The third-order valence-electron chi connectivity index (χ3n) is 2.42. The van der Waals surface area contributed by atoms with Crippen molar-refractivity contribution in [3.63, 3.8) is 0 Å². The SMILES string of the molecule is CC.CC.CC1=NCC2=C(CCCC2)N1. The number of allylic oxidation sites excluding steroid dienone is 1. The largest absolute Gasteiger partial charge is 0.348 e. The molecule has 1 N–H and O–H groups in total. The second-order valence-electron chi connectivity index (χ2n) is 3.32. The number of rotatable bonds is 0. The molecule has 0 bridgehead atoms. The Bertz CT molecular complexity index is 227. The predicted octanol–water partition coefficient (Wildman–Crippen LogP) is 3.89. The van der Waals surface area contributed by atoms with Crippen LogP contribution in [0.3, 0.4) is 0 Å². The van der Waals surface area contributed by atoms with E-state index < -0.39 is 0 Å². The van der Waals surface area contributed by atoms with Crippen LogP contribution in [0.5, 0.6) is 0 Å². The van der Waals surface area contributed by atoms with Gasteiger partial charge in [-0.2, -0.15) is 0 Å². The smallest absolute Gasteiger partial charge is 0.0977 e. The van der Waals surface area contributed by atoms with Crippen LogP contribution >= 0.6 is 0 Å². The van der Waals surface area contributed by atoms with Crippen molar-refractivity contribution in [2.75, 3.05) is 6.54 Å². The van der Waals surface area contributed by atoms with Crippen LogP contribution in [0.4, 0.5) is 0 Å². The van der Waals surface area contributed by atoms with E-state index in [-0.39, 0.29) is 0 Å². The van der Waals surface area contributed by atoms with Gasteiger partial charge in [-0.05, 0) is 38.2 Å². The summed E-state index contributed by atoms with van der Waals surface area (Å²) < 4.78 is 0. The summed E-state index contributed by atoms with van der Waals surface area (Å²) in [4.78, 5) is 4.36. The molecule has 0 aromatic heterocycles. The molecule has 0 aromatic carbocycles. The molecular weight excluding hydrogens is 184 g/mol. The van der Waals surface area contributed by atoms with Crippen molar-refractivity contribution in [3.05, 3.63) is 11.3 Å². The van der Waals surface area contributed by atoms with Crippen molar-refractivity contribution in [2.45, 2.75) is 60.3 Å². The second kappa shape index (κ2) is 8.51. The van der Waals surface area contributed by atoms with Crippen molar-refractivity contribution < 1.29 is 0 Å². The Morgan fingerprint density at radius 2 is 1.60 bits per heavy atom. The van der Waals surface area contributed by atoms with Gasteiger partial charge in [-0.25, -0.2) is 0 Å². The summed E-state index contributed by atoms with van der Waals surface area (Å²) in [7, 11) is 0. The summed E-state index contributed by atoms with van der Waals surface area (Å²) in [6.45, 7) is 11.0. The van der Waals surface area contributed by atoms with Gasteiger partial charge < -0.3 is 5.32 Å². The Labute approximate surface area is 94.9 Å². The van der Waals surface area contributed by atoms with Crippen LogP contribution in [0.2, 0.25) is 0 Å². The first-order chi connectivity index (χ1) is 7.36. The minimum Gasteiger partial charge on any atom is -0.348 e. The van der Waals surface area contributed by atoms with E-state index in [1.807, 2.05) is 34.6 Å². The Kier molecular flexibility index (Phi) is 8.06. The lowest BCUT2D eigenvalue weighted by Gasteiger charge is -2.24. The number of hydrogen-bond acceptors (Lipinski definition) is 2. The molecule has 2 rings (SSSR count). The third-order valence-corrected chi connectivity index (χ3v) is 2.42. The molecule has 0 unspecified atom stereocenters. The van der Waals surface area contributed by atoms with Gasteiger partial charge in [0.15, 0.2) is 0 Å². The van der Waals surface area contributed by atoms with Crippen LogP contribution in [-0.4, -0.2) is 12.4 Å². The summed E-state index contributed by atoms with van der Waals surface area (Å²) in [5.41, 5.74) is 3.01. The highest BCUT2D eigenvalue weighted by Crippen LogP contribution is 2.24. The highest BCUT2D eigenvalue weighted by Gasteiger charge is 2.15. The van der Waals surface area contributed by atoms with E-state index in [4.69, 9.17) is 0 Å². The van der Waals surface area contributed by atoms with Gasteiger partial charge in [-0.1, -0.05) is 27.7 Å². The van der Waals surface area contributed by atoms with Gasteiger partial charge in [0.1, 0.15) is 0 Å². The molecule has 1 aliphatic carbocycles. The van der Waals surface area contributed by atoms with E-state index in [9.17, 15) is 0 Å². The van der Waals surface area contributed by atoms with Gasteiger partial charge in [0.25, 0.3) is 0 Å². The van der Waals surface area contributed by atoms with E-state index in [0.29, 0.717) is 0 Å². The Morgan fingerprint density at radius 3 is 2.27 bits per heavy atom. The minimum atomic E-state index is 0.953. The third kappa shape index (κ3) is 4.50. The number of nitrogens with one attached hydrogen (secondary N) is 1. The first-order valence-corrected chi connectivity index (χ1v) is 6.35. The molecule has 1 heterocycles. The highest BCUT2D eigenvalue weighted by atomic mass is 15.0. The average molecular weight is 210 g/mol. The predicted molar refractivity (Wildman–Crippen MR) is 69.3 cm³/mol. The van der Waals surface area contributed by atoms with Crippen molar-refractivity contribution >= 4 is 5.84 Å². The molecule has 0 atom stereocenters. The Morgan fingerprint density at radius 1 is 1.00 bits per heavy atom. The maximum atomic E-state index is 4.36. The number of nitrogens with zero attached hydrogens (tertiary/aromatic N) is 1. The molecule has 88 valence electrons. The van der Waals surface area contributed by atoms with Crippen LogP contribution in [0.25, 0.3) is 0 Å². The number of aliphatic imine (C=N–C) groups is 1. The maximum absolute atomic E-state index is 4.36. The topological polar surface area (TPSA) is 24.4 Å². The van der Waals surface area contributed by atoms with Crippen LogP contribution in [0.1, 0.15) is 60.3 Å². The molecular formula is C13H26N2.